The second-order valence-corrected chi connectivity index (χ2v) is 8.17. The van der Waals surface area contributed by atoms with Gasteiger partial charge in [0.05, 0.1) is 17.9 Å². The number of fused-ring (bicyclic) bond motifs is 4. The van der Waals surface area contributed by atoms with Gasteiger partial charge >= 0.3 is 0 Å². The molecular formula is C21H27N3O4. The predicted octanol–water partition coefficient (Wildman–Crippen LogP) is 1.15. The van der Waals surface area contributed by atoms with Crippen LogP contribution in [0, 0.1) is 11.8 Å². The van der Waals surface area contributed by atoms with E-state index < -0.39 is 29.5 Å². The summed E-state index contributed by atoms with van der Waals surface area (Å²) in [5.41, 5.74) is 1.07. The molecular weight excluding hydrogens is 358 g/mol. The number of benzene rings is 1. The van der Waals surface area contributed by atoms with Gasteiger partial charge in [0.1, 0.15) is 5.54 Å². The van der Waals surface area contributed by atoms with Gasteiger partial charge in [-0.05, 0) is 32.3 Å². The Morgan fingerprint density at radius 2 is 1.89 bits per heavy atom. The van der Waals surface area contributed by atoms with Crippen LogP contribution in [0.4, 0.5) is 5.69 Å². The largest absolute Gasteiger partial charge is 0.392 e. The van der Waals surface area contributed by atoms with E-state index in [2.05, 4.69) is 10.6 Å². The number of hydrogen-bond acceptors (Lipinski definition) is 5. The summed E-state index contributed by atoms with van der Waals surface area (Å²) in [6.07, 6.45) is 0.491. The van der Waals surface area contributed by atoms with Gasteiger partial charge < -0.3 is 10.4 Å². The smallest absolute Gasteiger partial charge is 0.250 e. The number of anilines is 1. The summed E-state index contributed by atoms with van der Waals surface area (Å²) in [5.74, 6) is -2.57. The molecule has 2 saturated heterocycles. The van der Waals surface area contributed by atoms with Gasteiger partial charge in [0.15, 0.2) is 0 Å². The van der Waals surface area contributed by atoms with Crippen molar-refractivity contribution in [2.45, 2.75) is 64.3 Å². The van der Waals surface area contributed by atoms with Crippen LogP contribution in [-0.4, -0.2) is 45.9 Å². The van der Waals surface area contributed by atoms with Crippen LogP contribution >= 0.6 is 0 Å². The van der Waals surface area contributed by atoms with Crippen LogP contribution in [-0.2, 0) is 26.3 Å². The summed E-state index contributed by atoms with van der Waals surface area (Å²) >= 11 is 0. The van der Waals surface area contributed by atoms with E-state index in [1.54, 1.807) is 6.92 Å². The van der Waals surface area contributed by atoms with Crippen LogP contribution in [0.25, 0.3) is 0 Å². The summed E-state index contributed by atoms with van der Waals surface area (Å²) in [6, 6.07) is 4.74. The standard InChI is InChI=1S/C21H27N3O4/c1-5-10(3)24-18(26)14-15(19(24)27)21(23-16(14)11(4)25)13-9-7-8-12(6-2)17(13)22-20(21)28/h7-11,14-16,23,25H,5-6H2,1-4H3,(H,22,28). The van der Waals surface area contributed by atoms with Crippen molar-refractivity contribution in [3.8, 4) is 0 Å². The zero-order valence-electron chi connectivity index (χ0n) is 16.7. The molecule has 1 aromatic carbocycles. The molecule has 0 aliphatic carbocycles. The maximum atomic E-state index is 13.4. The molecule has 0 aromatic heterocycles. The molecule has 28 heavy (non-hydrogen) atoms. The number of hydrogen-bond donors (Lipinski definition) is 3. The lowest BCUT2D eigenvalue weighted by molar-refractivity contribution is -0.145. The molecule has 1 spiro atoms. The molecule has 1 aromatic rings. The number of aliphatic hydroxyl groups is 1. The minimum Gasteiger partial charge on any atom is -0.392 e. The number of para-hydroxylation sites is 1. The topological polar surface area (TPSA) is 98.7 Å². The minimum atomic E-state index is -1.33. The van der Waals surface area contributed by atoms with Crippen molar-refractivity contribution in [1.82, 2.24) is 10.2 Å². The van der Waals surface area contributed by atoms with Crippen molar-refractivity contribution >= 4 is 23.4 Å². The Bertz CT molecular complexity index is 867. The van der Waals surface area contributed by atoms with Gasteiger partial charge in [-0.15, -0.1) is 0 Å². The Labute approximate surface area is 164 Å². The zero-order valence-corrected chi connectivity index (χ0v) is 16.7. The Kier molecular flexibility index (Phi) is 4.35. The van der Waals surface area contributed by atoms with E-state index in [-0.39, 0.29) is 23.8 Å². The molecule has 3 aliphatic rings. The highest BCUT2D eigenvalue weighted by molar-refractivity contribution is 6.15. The fraction of sp³-hybridized carbons (Fsp3) is 0.571. The summed E-state index contributed by atoms with van der Waals surface area (Å²) in [7, 11) is 0. The molecule has 0 bridgehead atoms. The molecule has 2 fully saturated rings. The van der Waals surface area contributed by atoms with E-state index in [9.17, 15) is 19.5 Å². The molecule has 3 aliphatic heterocycles. The van der Waals surface area contributed by atoms with Crippen molar-refractivity contribution in [2.24, 2.45) is 11.8 Å². The van der Waals surface area contributed by atoms with Crippen LogP contribution in [0.5, 0.6) is 0 Å². The molecule has 7 nitrogen and oxygen atoms in total. The normalized spacial score (nSPS) is 33.2. The highest BCUT2D eigenvalue weighted by atomic mass is 16.3. The molecule has 3 amide bonds. The number of nitrogens with one attached hydrogen (secondary N) is 2. The van der Waals surface area contributed by atoms with E-state index in [0.29, 0.717) is 12.0 Å². The average molecular weight is 385 g/mol. The fourth-order valence-electron chi connectivity index (χ4n) is 5.17. The molecule has 0 radical (unpaired) electrons. The van der Waals surface area contributed by atoms with Gasteiger partial charge in [-0.25, -0.2) is 0 Å². The maximum Gasteiger partial charge on any atom is 0.250 e. The third kappa shape index (κ3) is 2.20. The first-order valence-electron chi connectivity index (χ1n) is 10.1. The zero-order chi connectivity index (χ0) is 20.4. The van der Waals surface area contributed by atoms with Crippen molar-refractivity contribution in [2.75, 3.05) is 5.32 Å². The first kappa shape index (κ1) is 19.1. The van der Waals surface area contributed by atoms with Gasteiger partial charge in [0, 0.05) is 23.3 Å². The predicted molar refractivity (Wildman–Crippen MR) is 103 cm³/mol. The quantitative estimate of drug-likeness (QED) is 0.676. The highest BCUT2D eigenvalue weighted by Gasteiger charge is 2.71. The van der Waals surface area contributed by atoms with E-state index in [0.717, 1.165) is 17.7 Å². The monoisotopic (exact) mass is 385 g/mol. The number of amides is 3. The van der Waals surface area contributed by atoms with Crippen LogP contribution in [0.2, 0.25) is 0 Å². The summed E-state index contributed by atoms with van der Waals surface area (Å²) < 4.78 is 0. The average Bonchev–Trinajstić information content (AvgIpc) is 3.26. The van der Waals surface area contributed by atoms with E-state index in [1.165, 1.54) is 4.90 Å². The maximum absolute atomic E-state index is 13.4. The number of aryl methyl sites for hydroxylation is 1. The minimum absolute atomic E-state index is 0.247. The first-order valence-corrected chi connectivity index (χ1v) is 10.1. The Hall–Kier alpha value is -2.25. The van der Waals surface area contributed by atoms with Crippen molar-refractivity contribution in [3.05, 3.63) is 29.3 Å². The highest BCUT2D eigenvalue weighted by Crippen LogP contribution is 2.54. The van der Waals surface area contributed by atoms with E-state index in [1.807, 2.05) is 39.0 Å². The molecule has 6 atom stereocenters. The lowest BCUT2D eigenvalue weighted by atomic mass is 9.76. The van der Waals surface area contributed by atoms with Crippen LogP contribution in [0.3, 0.4) is 0 Å². The Morgan fingerprint density at radius 3 is 2.50 bits per heavy atom. The Morgan fingerprint density at radius 1 is 1.18 bits per heavy atom. The van der Waals surface area contributed by atoms with Crippen LogP contribution in [0.1, 0.15) is 45.2 Å². The molecule has 150 valence electrons. The first-order chi connectivity index (χ1) is 13.3. The van der Waals surface area contributed by atoms with E-state index in [4.69, 9.17) is 0 Å². The molecule has 4 rings (SSSR count). The fourth-order valence-corrected chi connectivity index (χ4v) is 5.17. The lowest BCUT2D eigenvalue weighted by Gasteiger charge is -2.31. The lowest BCUT2D eigenvalue weighted by Crippen LogP contribution is -2.55. The summed E-state index contributed by atoms with van der Waals surface area (Å²) in [4.78, 5) is 41.3. The van der Waals surface area contributed by atoms with E-state index >= 15 is 0 Å². The molecule has 3 N–H and O–H groups in total. The number of likely N-dealkylation sites (tertiary alicyclic amines) is 1. The van der Waals surface area contributed by atoms with Gasteiger partial charge in [0.25, 0.3) is 0 Å². The summed E-state index contributed by atoms with van der Waals surface area (Å²) in [5, 5.41) is 16.6. The van der Waals surface area contributed by atoms with Crippen LogP contribution < -0.4 is 10.6 Å². The van der Waals surface area contributed by atoms with Gasteiger partial charge in [-0.2, -0.15) is 0 Å². The van der Waals surface area contributed by atoms with Gasteiger partial charge in [-0.3, -0.25) is 24.6 Å². The van der Waals surface area contributed by atoms with Crippen molar-refractivity contribution in [1.29, 1.82) is 0 Å². The SMILES string of the molecule is CCc1cccc2c1NC(=O)C21NC(C(C)O)C2C(=O)N(C(C)CC)C(=O)C21. The number of rotatable bonds is 4. The molecule has 7 heteroatoms. The second-order valence-electron chi connectivity index (χ2n) is 8.17. The Balaban J connectivity index is 1.92. The van der Waals surface area contributed by atoms with Gasteiger partial charge in [0.2, 0.25) is 17.7 Å². The third-order valence-electron chi connectivity index (χ3n) is 6.74. The number of aliphatic hydroxyl groups excluding tert-OH is 1. The second kappa shape index (κ2) is 6.39. The van der Waals surface area contributed by atoms with Crippen LogP contribution in [0.15, 0.2) is 18.2 Å². The van der Waals surface area contributed by atoms with Gasteiger partial charge in [-0.1, -0.05) is 32.0 Å². The summed E-state index contributed by atoms with van der Waals surface area (Å²) in [6.45, 7) is 7.36. The van der Waals surface area contributed by atoms with Crippen molar-refractivity contribution < 1.29 is 19.5 Å². The third-order valence-corrected chi connectivity index (χ3v) is 6.74. The molecule has 0 saturated carbocycles. The number of nitrogens with zero attached hydrogens (tertiary/aromatic N) is 1. The molecule has 3 heterocycles. The number of imide groups is 1. The number of carbonyl (C=O) groups excluding carboxylic acids is 3. The van der Waals surface area contributed by atoms with Crippen molar-refractivity contribution in [3.63, 3.8) is 0 Å². The number of carbonyl (C=O) groups is 3. The molecule has 6 unspecified atom stereocenters.